The van der Waals surface area contributed by atoms with Crippen molar-refractivity contribution in [2.75, 3.05) is 7.11 Å². The number of esters is 1. The minimum atomic E-state index is -3.66. The van der Waals surface area contributed by atoms with Crippen LogP contribution in [0.15, 0.2) is 82.3 Å². The molecule has 0 atom stereocenters. The molecule has 1 aromatic heterocycles. The molecule has 156 valence electrons. The number of methoxy groups -OCH3 is 1. The van der Waals surface area contributed by atoms with Crippen molar-refractivity contribution in [2.45, 2.75) is 18.0 Å². The average Bonchev–Trinajstić information content (AvgIpc) is 3.29. The van der Waals surface area contributed by atoms with E-state index in [9.17, 15) is 13.2 Å². The first-order chi connectivity index (χ1) is 14.5. The fourth-order valence-electron chi connectivity index (χ4n) is 2.51. The molecule has 0 bridgehead atoms. The summed E-state index contributed by atoms with van der Waals surface area (Å²) in [6.45, 7) is 0.211. The summed E-state index contributed by atoms with van der Waals surface area (Å²) in [7, 11) is -2.08. The number of sulfonamides is 1. The molecule has 0 aliphatic heterocycles. The van der Waals surface area contributed by atoms with Crippen LogP contribution in [0.25, 0.3) is 6.08 Å². The van der Waals surface area contributed by atoms with Crippen molar-refractivity contribution in [1.82, 2.24) is 4.72 Å². The summed E-state index contributed by atoms with van der Waals surface area (Å²) in [5.41, 5.74) is 1.51. The lowest BCUT2D eigenvalue weighted by molar-refractivity contribution is -0.138. The highest BCUT2D eigenvalue weighted by Gasteiger charge is 2.14. The number of carbonyl (C=O) groups excluding carboxylic acids is 1. The summed E-state index contributed by atoms with van der Waals surface area (Å²) in [6.07, 6.45) is 4.33. The van der Waals surface area contributed by atoms with Gasteiger partial charge in [-0.3, -0.25) is 0 Å². The van der Waals surface area contributed by atoms with E-state index in [2.05, 4.69) is 4.72 Å². The highest BCUT2D eigenvalue weighted by molar-refractivity contribution is 7.89. The van der Waals surface area contributed by atoms with Crippen molar-refractivity contribution >= 4 is 22.1 Å². The minimum Gasteiger partial charge on any atom is -0.497 e. The second-order valence-electron chi connectivity index (χ2n) is 6.26. The smallest absolute Gasteiger partial charge is 0.331 e. The number of hydrogen-bond donors (Lipinski definition) is 1. The summed E-state index contributed by atoms with van der Waals surface area (Å²) in [6, 6.07) is 16.7. The van der Waals surface area contributed by atoms with Crippen LogP contribution in [0.4, 0.5) is 0 Å². The van der Waals surface area contributed by atoms with Crippen molar-refractivity contribution in [3.8, 4) is 5.75 Å². The fraction of sp³-hybridized carbons (Fsp3) is 0.136. The van der Waals surface area contributed by atoms with Crippen LogP contribution in [-0.2, 0) is 32.7 Å². The largest absolute Gasteiger partial charge is 0.497 e. The Morgan fingerprint density at radius 1 is 1.07 bits per heavy atom. The van der Waals surface area contributed by atoms with E-state index < -0.39 is 16.0 Å². The topological polar surface area (TPSA) is 94.8 Å². The minimum absolute atomic E-state index is 0.0665. The van der Waals surface area contributed by atoms with Crippen LogP contribution in [0.1, 0.15) is 16.9 Å². The Balaban J connectivity index is 1.52. The Morgan fingerprint density at radius 2 is 1.80 bits per heavy atom. The number of furan rings is 1. The molecule has 3 rings (SSSR count). The number of nitrogens with one attached hydrogen (secondary N) is 1. The lowest BCUT2D eigenvalue weighted by atomic mass is 10.2. The summed E-state index contributed by atoms with van der Waals surface area (Å²) < 4.78 is 42.5. The van der Waals surface area contributed by atoms with E-state index in [1.807, 2.05) is 12.1 Å². The number of benzene rings is 2. The van der Waals surface area contributed by atoms with Gasteiger partial charge in [-0.25, -0.2) is 17.9 Å². The van der Waals surface area contributed by atoms with E-state index in [4.69, 9.17) is 13.9 Å². The van der Waals surface area contributed by atoms with Crippen LogP contribution < -0.4 is 9.46 Å². The van der Waals surface area contributed by atoms with Gasteiger partial charge in [0.05, 0.1) is 24.8 Å². The molecule has 0 unspecified atom stereocenters. The van der Waals surface area contributed by atoms with Gasteiger partial charge in [-0.15, -0.1) is 0 Å². The molecule has 3 aromatic rings. The Bertz CT molecular complexity index is 1090. The van der Waals surface area contributed by atoms with Crippen LogP contribution in [0.5, 0.6) is 5.75 Å². The van der Waals surface area contributed by atoms with Gasteiger partial charge in [0.25, 0.3) is 0 Å². The molecular weight excluding hydrogens is 406 g/mol. The van der Waals surface area contributed by atoms with Gasteiger partial charge in [0.2, 0.25) is 10.0 Å². The van der Waals surface area contributed by atoms with Gasteiger partial charge < -0.3 is 13.9 Å². The number of ether oxygens (including phenoxy) is 2. The zero-order chi connectivity index (χ0) is 21.4. The Kier molecular flexibility index (Phi) is 7.05. The average molecular weight is 427 g/mol. The van der Waals surface area contributed by atoms with Crippen molar-refractivity contribution in [2.24, 2.45) is 0 Å². The lowest BCUT2D eigenvalue weighted by Crippen LogP contribution is -2.22. The van der Waals surface area contributed by atoms with E-state index in [1.54, 1.807) is 49.6 Å². The Labute approximate surface area is 175 Å². The number of hydrogen-bond acceptors (Lipinski definition) is 6. The highest BCUT2D eigenvalue weighted by Crippen LogP contribution is 2.14. The van der Waals surface area contributed by atoms with Gasteiger partial charge in [-0.1, -0.05) is 24.3 Å². The van der Waals surface area contributed by atoms with Crippen LogP contribution >= 0.6 is 0 Å². The molecule has 0 fully saturated rings. The van der Waals surface area contributed by atoms with Gasteiger partial charge in [0.15, 0.2) is 0 Å². The van der Waals surface area contributed by atoms with E-state index in [1.165, 1.54) is 24.5 Å². The summed E-state index contributed by atoms with van der Waals surface area (Å²) in [5.74, 6) is 0.750. The lowest BCUT2D eigenvalue weighted by Gasteiger charge is -2.06. The highest BCUT2D eigenvalue weighted by atomic mass is 32.2. The third-order valence-electron chi connectivity index (χ3n) is 4.16. The third kappa shape index (κ3) is 6.07. The summed E-state index contributed by atoms with van der Waals surface area (Å²) in [4.78, 5) is 12.0. The predicted octanol–water partition coefficient (Wildman–Crippen LogP) is 3.52. The standard InChI is InChI=1S/C22H21NO6S/c1-27-19-9-4-18(5-10-19)16-29-22(24)13-8-17-6-11-21(12-7-17)30(25,26)23-15-20-3-2-14-28-20/h2-14,23H,15-16H2,1H3/b13-8+. The molecule has 0 amide bonds. The maximum absolute atomic E-state index is 12.3. The van der Waals surface area contributed by atoms with E-state index in [-0.39, 0.29) is 18.0 Å². The maximum atomic E-state index is 12.3. The monoisotopic (exact) mass is 427 g/mol. The molecule has 8 heteroatoms. The molecule has 0 spiro atoms. The molecule has 0 saturated heterocycles. The Hall–Kier alpha value is -3.36. The molecule has 1 heterocycles. The van der Waals surface area contributed by atoms with Crippen molar-refractivity contribution in [3.05, 3.63) is 89.9 Å². The SMILES string of the molecule is COc1ccc(COC(=O)/C=C/c2ccc(S(=O)(=O)NCc3ccco3)cc2)cc1. The summed E-state index contributed by atoms with van der Waals surface area (Å²) in [5, 5.41) is 0. The van der Waals surface area contributed by atoms with Crippen LogP contribution in [0.2, 0.25) is 0 Å². The zero-order valence-corrected chi connectivity index (χ0v) is 17.1. The predicted molar refractivity (Wildman–Crippen MR) is 111 cm³/mol. The van der Waals surface area contributed by atoms with E-state index in [0.717, 1.165) is 11.3 Å². The zero-order valence-electron chi connectivity index (χ0n) is 16.3. The molecule has 0 aliphatic rings. The van der Waals surface area contributed by atoms with E-state index >= 15 is 0 Å². The first-order valence-electron chi connectivity index (χ1n) is 9.06. The quantitative estimate of drug-likeness (QED) is 0.415. The van der Waals surface area contributed by atoms with Gasteiger partial charge in [0.1, 0.15) is 18.1 Å². The normalized spacial score (nSPS) is 11.5. The Morgan fingerprint density at radius 3 is 2.43 bits per heavy atom. The van der Waals surface area contributed by atoms with Gasteiger partial charge >= 0.3 is 5.97 Å². The van der Waals surface area contributed by atoms with Crippen molar-refractivity contribution in [1.29, 1.82) is 0 Å². The van der Waals surface area contributed by atoms with Gasteiger partial charge in [0, 0.05) is 6.08 Å². The second-order valence-corrected chi connectivity index (χ2v) is 8.03. The number of carbonyl (C=O) groups is 1. The van der Waals surface area contributed by atoms with Crippen LogP contribution in [-0.4, -0.2) is 21.5 Å². The first kappa shape index (κ1) is 21.4. The molecule has 30 heavy (non-hydrogen) atoms. The van der Waals surface area contributed by atoms with Crippen LogP contribution in [0.3, 0.4) is 0 Å². The van der Waals surface area contributed by atoms with Gasteiger partial charge in [-0.05, 0) is 53.6 Å². The fourth-order valence-corrected chi connectivity index (χ4v) is 3.50. The molecule has 1 N–H and O–H groups in total. The van der Waals surface area contributed by atoms with Gasteiger partial charge in [-0.2, -0.15) is 0 Å². The van der Waals surface area contributed by atoms with E-state index in [0.29, 0.717) is 11.3 Å². The van der Waals surface area contributed by atoms with Crippen LogP contribution in [0, 0.1) is 0 Å². The first-order valence-corrected chi connectivity index (χ1v) is 10.5. The molecule has 0 saturated carbocycles. The third-order valence-corrected chi connectivity index (χ3v) is 5.58. The molecule has 0 radical (unpaired) electrons. The summed E-state index contributed by atoms with van der Waals surface area (Å²) >= 11 is 0. The molecular formula is C22H21NO6S. The van der Waals surface area contributed by atoms with Crippen molar-refractivity contribution < 1.29 is 27.1 Å². The molecule has 7 nitrogen and oxygen atoms in total. The molecule has 0 aliphatic carbocycles. The number of rotatable bonds is 9. The molecule has 2 aromatic carbocycles. The van der Waals surface area contributed by atoms with Crippen molar-refractivity contribution in [3.63, 3.8) is 0 Å². The maximum Gasteiger partial charge on any atom is 0.331 e. The second kappa shape index (κ2) is 9.91.